The number of pyridine rings is 1. The average molecular weight is 570 g/mol. The fourth-order valence-corrected chi connectivity index (χ4v) is 4.46. The molecule has 1 aliphatic rings. The number of rotatable bonds is 8. The number of alkyl halides is 1. The minimum absolute atomic E-state index is 0.0140. The Morgan fingerprint density at radius 1 is 1.24 bits per heavy atom. The Morgan fingerprint density at radius 2 is 1.95 bits per heavy atom. The van der Waals surface area contributed by atoms with Gasteiger partial charge in [0.2, 0.25) is 5.95 Å². The Labute approximate surface area is 227 Å². The topological polar surface area (TPSA) is 138 Å². The maximum Gasteiger partial charge on any atom is 0.407 e. The normalized spacial score (nSPS) is 14.2. The third-order valence-corrected chi connectivity index (χ3v) is 6.69. The van der Waals surface area contributed by atoms with Crippen LogP contribution in [-0.4, -0.2) is 52.8 Å². The molecule has 10 nitrogen and oxygen atoms in total. The van der Waals surface area contributed by atoms with Crippen molar-refractivity contribution in [3.63, 3.8) is 0 Å². The predicted octanol–water partition coefficient (Wildman–Crippen LogP) is 5.07. The summed E-state index contributed by atoms with van der Waals surface area (Å²) in [5, 5.41) is 5.15. The van der Waals surface area contributed by atoms with Crippen molar-refractivity contribution in [1.82, 2.24) is 20.3 Å². The number of anilines is 3. The number of fused-ring (bicyclic) bond motifs is 1. The summed E-state index contributed by atoms with van der Waals surface area (Å²) >= 11 is 12.7. The minimum atomic E-state index is -0.903. The second-order valence-electron chi connectivity index (χ2n) is 9.33. The molecule has 5 N–H and O–H groups in total. The van der Waals surface area contributed by atoms with Gasteiger partial charge < -0.3 is 31.0 Å². The summed E-state index contributed by atoms with van der Waals surface area (Å²) < 4.78 is 33.3. The molecule has 204 valence electrons. The van der Waals surface area contributed by atoms with E-state index in [9.17, 15) is 18.4 Å². The van der Waals surface area contributed by atoms with Crippen LogP contribution in [0.1, 0.15) is 42.6 Å². The van der Waals surface area contributed by atoms with Crippen LogP contribution in [0.15, 0.2) is 12.1 Å². The second kappa shape index (κ2) is 11.6. The van der Waals surface area contributed by atoms with Crippen LogP contribution < -0.4 is 21.3 Å². The Bertz CT molecular complexity index is 1360. The third kappa shape index (κ3) is 6.18. The molecular formula is C24H27Cl2F2N7O3. The summed E-state index contributed by atoms with van der Waals surface area (Å²) in [5.74, 6) is -0.874. The molecule has 1 aromatic carbocycles. The molecule has 0 saturated carbocycles. The van der Waals surface area contributed by atoms with E-state index in [2.05, 4.69) is 25.6 Å². The largest absolute Gasteiger partial charge is 0.449 e. The molecule has 1 aliphatic heterocycles. The van der Waals surface area contributed by atoms with Gasteiger partial charge in [-0.3, -0.25) is 4.79 Å². The average Bonchev–Trinajstić information content (AvgIpc) is 3.27. The highest BCUT2D eigenvalue weighted by Crippen LogP contribution is 2.37. The van der Waals surface area contributed by atoms with Crippen molar-refractivity contribution in [3.05, 3.63) is 39.1 Å². The number of hydrogen-bond donors (Lipinski definition) is 4. The van der Waals surface area contributed by atoms with Crippen LogP contribution in [0.3, 0.4) is 0 Å². The molecule has 1 saturated heterocycles. The molecule has 3 heterocycles. The van der Waals surface area contributed by atoms with Crippen LogP contribution in [0, 0.1) is 11.7 Å². The maximum absolute atomic E-state index is 14.6. The molecule has 0 bridgehead atoms. The molecule has 0 radical (unpaired) electrons. The van der Waals surface area contributed by atoms with Crippen molar-refractivity contribution >= 4 is 63.8 Å². The quantitative estimate of drug-likeness (QED) is 0.278. The van der Waals surface area contributed by atoms with E-state index in [1.807, 2.05) is 13.8 Å². The van der Waals surface area contributed by atoms with Crippen LogP contribution in [-0.2, 0) is 11.3 Å². The Hall–Kier alpha value is -3.38. The van der Waals surface area contributed by atoms with Crippen LogP contribution in [0.2, 0.25) is 10.0 Å². The van der Waals surface area contributed by atoms with Gasteiger partial charge in [-0.2, -0.15) is 4.98 Å². The van der Waals surface area contributed by atoms with E-state index in [1.165, 1.54) is 6.07 Å². The SMILES string of the molecule is CC(C)COC(=O)NCc1cc(F)c(Cl)c(Nc2nc3nc(N4CCC(F)CC4)c(C(N)=O)cc3[nH]2)c1Cl. The highest BCUT2D eigenvalue weighted by Gasteiger charge is 2.25. The van der Waals surface area contributed by atoms with E-state index in [4.69, 9.17) is 33.7 Å². The number of ether oxygens (including phenoxy) is 1. The molecule has 14 heteroatoms. The van der Waals surface area contributed by atoms with Gasteiger partial charge in [0.25, 0.3) is 5.91 Å². The Morgan fingerprint density at radius 3 is 2.61 bits per heavy atom. The first kappa shape index (κ1) is 27.6. The molecule has 2 aromatic heterocycles. The molecule has 0 spiro atoms. The molecule has 3 aromatic rings. The smallest absolute Gasteiger partial charge is 0.407 e. The summed E-state index contributed by atoms with van der Waals surface area (Å²) in [6, 6.07) is 2.62. The van der Waals surface area contributed by atoms with E-state index in [0.717, 1.165) is 6.07 Å². The number of primary amides is 1. The van der Waals surface area contributed by atoms with Gasteiger partial charge in [0.05, 0.1) is 28.4 Å². The number of hydrogen-bond acceptors (Lipinski definition) is 7. The lowest BCUT2D eigenvalue weighted by molar-refractivity contribution is 0.100. The summed E-state index contributed by atoms with van der Waals surface area (Å²) in [4.78, 5) is 37.6. The van der Waals surface area contributed by atoms with E-state index >= 15 is 0 Å². The van der Waals surface area contributed by atoms with Crippen molar-refractivity contribution in [1.29, 1.82) is 0 Å². The first-order chi connectivity index (χ1) is 18.0. The molecule has 1 fully saturated rings. The number of nitrogens with zero attached hydrogens (tertiary/aromatic N) is 3. The predicted molar refractivity (Wildman–Crippen MR) is 141 cm³/mol. The molecular weight excluding hydrogens is 543 g/mol. The fraction of sp³-hybridized carbons (Fsp3) is 0.417. The van der Waals surface area contributed by atoms with Crippen molar-refractivity contribution in [2.75, 3.05) is 29.9 Å². The van der Waals surface area contributed by atoms with Crippen LogP contribution >= 0.6 is 23.2 Å². The van der Waals surface area contributed by atoms with Gasteiger partial charge in [-0.05, 0) is 36.5 Å². The van der Waals surface area contributed by atoms with Crippen LogP contribution in [0.25, 0.3) is 11.2 Å². The second-order valence-corrected chi connectivity index (χ2v) is 10.1. The van der Waals surface area contributed by atoms with E-state index in [1.54, 1.807) is 4.90 Å². The molecule has 38 heavy (non-hydrogen) atoms. The lowest BCUT2D eigenvalue weighted by Crippen LogP contribution is -2.36. The van der Waals surface area contributed by atoms with Gasteiger partial charge in [0.15, 0.2) is 5.65 Å². The van der Waals surface area contributed by atoms with Gasteiger partial charge in [-0.1, -0.05) is 37.0 Å². The van der Waals surface area contributed by atoms with Crippen molar-refractivity contribution in [2.24, 2.45) is 11.7 Å². The fourth-order valence-electron chi connectivity index (χ4n) is 3.95. The summed E-state index contributed by atoms with van der Waals surface area (Å²) in [7, 11) is 0. The standard InChI is InChI=1S/C24H27Cl2F2N7O3/c1-11(2)10-38-24(37)30-9-12-7-15(28)18(26)19(17(12)25)32-23-31-16-8-14(20(29)36)22(33-21(16)34-23)35-5-3-13(27)4-6-35/h7-8,11,13H,3-6,9-10H2,1-2H3,(H2,29,36)(H,30,37)(H2,31,32,33,34). The molecule has 0 unspecified atom stereocenters. The highest BCUT2D eigenvalue weighted by molar-refractivity contribution is 6.39. The van der Waals surface area contributed by atoms with Gasteiger partial charge in [0.1, 0.15) is 22.8 Å². The number of nitrogens with one attached hydrogen (secondary N) is 3. The number of benzene rings is 1. The van der Waals surface area contributed by atoms with Crippen molar-refractivity contribution in [2.45, 2.75) is 39.4 Å². The van der Waals surface area contributed by atoms with Gasteiger partial charge in [-0.25, -0.2) is 18.6 Å². The highest BCUT2D eigenvalue weighted by atomic mass is 35.5. The molecule has 0 aliphatic carbocycles. The van der Waals surface area contributed by atoms with E-state index in [0.29, 0.717) is 37.3 Å². The number of aromatic amines is 1. The third-order valence-electron chi connectivity index (χ3n) is 5.89. The zero-order chi connectivity index (χ0) is 27.6. The first-order valence-electron chi connectivity index (χ1n) is 12.0. The number of amides is 2. The number of aromatic nitrogens is 3. The van der Waals surface area contributed by atoms with E-state index < -0.39 is 24.0 Å². The van der Waals surface area contributed by atoms with E-state index in [-0.39, 0.29) is 57.5 Å². The number of halogens is 4. The first-order valence-corrected chi connectivity index (χ1v) is 12.7. The van der Waals surface area contributed by atoms with Gasteiger partial charge in [-0.15, -0.1) is 0 Å². The summed E-state index contributed by atoms with van der Waals surface area (Å²) in [5.41, 5.74) is 6.63. The maximum atomic E-state index is 14.6. The van der Waals surface area contributed by atoms with Gasteiger partial charge >= 0.3 is 6.09 Å². The van der Waals surface area contributed by atoms with Crippen LogP contribution in [0.5, 0.6) is 0 Å². The number of carbonyl (C=O) groups is 2. The molecule has 2 amide bonds. The molecule has 4 rings (SSSR count). The lowest BCUT2D eigenvalue weighted by atomic mass is 10.1. The number of nitrogens with two attached hydrogens (primary N) is 1. The Balaban J connectivity index is 1.60. The summed E-state index contributed by atoms with van der Waals surface area (Å²) in [6.45, 7) is 4.68. The van der Waals surface area contributed by atoms with Crippen molar-refractivity contribution in [3.8, 4) is 0 Å². The zero-order valence-electron chi connectivity index (χ0n) is 20.7. The zero-order valence-corrected chi connectivity index (χ0v) is 22.2. The van der Waals surface area contributed by atoms with Crippen molar-refractivity contribution < 1.29 is 23.1 Å². The number of piperidine rings is 1. The lowest BCUT2D eigenvalue weighted by Gasteiger charge is -2.30. The Kier molecular flexibility index (Phi) is 8.41. The van der Waals surface area contributed by atoms with Gasteiger partial charge in [0, 0.05) is 19.6 Å². The number of carbonyl (C=O) groups excluding carboxylic acids is 2. The summed E-state index contributed by atoms with van der Waals surface area (Å²) in [6.07, 6.45) is -0.942. The monoisotopic (exact) mass is 569 g/mol. The minimum Gasteiger partial charge on any atom is -0.449 e. The number of alkyl carbamates (subject to hydrolysis) is 1. The van der Waals surface area contributed by atoms with Crippen LogP contribution in [0.4, 0.5) is 31.0 Å². The number of H-pyrrole nitrogens is 1. The number of imidazole rings is 1. The molecule has 0 atom stereocenters.